The van der Waals surface area contributed by atoms with Gasteiger partial charge in [0.2, 0.25) is 0 Å². The fraction of sp³-hybridized carbons (Fsp3) is 0.375. The van der Waals surface area contributed by atoms with E-state index in [-0.39, 0.29) is 0 Å². The third-order valence-corrected chi connectivity index (χ3v) is 4.48. The summed E-state index contributed by atoms with van der Waals surface area (Å²) < 4.78 is 0. The molecule has 0 aromatic carbocycles. The minimum Gasteiger partial charge on any atom is -0.477 e. The zero-order valence-corrected chi connectivity index (χ0v) is 13.4. The van der Waals surface area contributed by atoms with Crippen molar-refractivity contribution in [2.24, 2.45) is 0 Å². The van der Waals surface area contributed by atoms with Crippen LogP contribution in [0.2, 0.25) is 0 Å². The van der Waals surface area contributed by atoms with Gasteiger partial charge < -0.3 is 5.11 Å². The van der Waals surface area contributed by atoms with Gasteiger partial charge in [-0.3, -0.25) is 9.88 Å². The van der Waals surface area contributed by atoms with Crippen molar-refractivity contribution in [1.29, 1.82) is 0 Å². The zero-order valence-electron chi connectivity index (χ0n) is 12.6. The Labute approximate surface area is 129 Å². The number of nitrogens with zero attached hydrogens (tertiary/aromatic N) is 2. The molecule has 1 N–H and O–H groups in total. The van der Waals surface area contributed by atoms with E-state index in [0.717, 1.165) is 41.5 Å². The molecule has 0 aliphatic rings. The summed E-state index contributed by atoms with van der Waals surface area (Å²) in [6.07, 6.45) is 0. The highest BCUT2D eigenvalue weighted by atomic mass is 32.1. The number of aromatic carboxylic acids is 1. The average molecular weight is 304 g/mol. The standard InChI is InChI=1S/C16H20N2O2S/c1-4-18(10-14-7-5-6-11(2)17-14)9-13-8-15(16(19)20)21-12(13)3/h5-8H,4,9-10H2,1-3H3,(H,19,20). The smallest absolute Gasteiger partial charge is 0.345 e. The van der Waals surface area contributed by atoms with Crippen LogP contribution in [0.15, 0.2) is 24.3 Å². The first-order valence-electron chi connectivity index (χ1n) is 6.97. The maximum absolute atomic E-state index is 11.0. The largest absolute Gasteiger partial charge is 0.477 e. The lowest BCUT2D eigenvalue weighted by molar-refractivity contribution is 0.0702. The van der Waals surface area contributed by atoms with Crippen LogP contribution in [-0.2, 0) is 13.1 Å². The van der Waals surface area contributed by atoms with Crippen molar-refractivity contribution in [3.8, 4) is 0 Å². The Hall–Kier alpha value is -1.72. The fourth-order valence-corrected chi connectivity index (χ4v) is 3.09. The number of carboxylic acids is 1. The van der Waals surface area contributed by atoms with E-state index in [1.54, 1.807) is 6.07 Å². The zero-order chi connectivity index (χ0) is 15.4. The Kier molecular flexibility index (Phi) is 5.09. The topological polar surface area (TPSA) is 53.4 Å². The first-order valence-corrected chi connectivity index (χ1v) is 7.78. The van der Waals surface area contributed by atoms with Crippen LogP contribution in [0, 0.1) is 13.8 Å². The van der Waals surface area contributed by atoms with Crippen LogP contribution >= 0.6 is 11.3 Å². The predicted octanol–water partition coefficient (Wildman–Crippen LogP) is 3.48. The van der Waals surface area contributed by atoms with Gasteiger partial charge in [0.05, 0.1) is 5.69 Å². The van der Waals surface area contributed by atoms with E-state index < -0.39 is 5.97 Å². The first-order chi connectivity index (χ1) is 9.99. The van der Waals surface area contributed by atoms with Gasteiger partial charge >= 0.3 is 5.97 Å². The van der Waals surface area contributed by atoms with Crippen LogP contribution in [0.3, 0.4) is 0 Å². The van der Waals surface area contributed by atoms with Gasteiger partial charge in [0, 0.05) is 23.7 Å². The highest BCUT2D eigenvalue weighted by Gasteiger charge is 2.14. The lowest BCUT2D eigenvalue weighted by Crippen LogP contribution is -2.23. The van der Waals surface area contributed by atoms with Crippen LogP contribution in [0.4, 0.5) is 0 Å². The van der Waals surface area contributed by atoms with Crippen molar-refractivity contribution in [2.75, 3.05) is 6.54 Å². The fourth-order valence-electron chi connectivity index (χ4n) is 2.22. The summed E-state index contributed by atoms with van der Waals surface area (Å²) >= 11 is 1.34. The lowest BCUT2D eigenvalue weighted by atomic mass is 10.2. The number of carboxylic acid groups (broad SMARTS) is 1. The van der Waals surface area contributed by atoms with E-state index >= 15 is 0 Å². The highest BCUT2D eigenvalue weighted by Crippen LogP contribution is 2.23. The predicted molar refractivity (Wildman–Crippen MR) is 84.8 cm³/mol. The Bertz CT molecular complexity index is 637. The van der Waals surface area contributed by atoms with Gasteiger partial charge in [-0.15, -0.1) is 11.3 Å². The minimum atomic E-state index is -0.849. The van der Waals surface area contributed by atoms with Crippen molar-refractivity contribution >= 4 is 17.3 Å². The second kappa shape index (κ2) is 6.83. The Morgan fingerprint density at radius 2 is 2.10 bits per heavy atom. The Morgan fingerprint density at radius 1 is 1.33 bits per heavy atom. The third kappa shape index (κ3) is 4.12. The van der Waals surface area contributed by atoms with E-state index in [0.29, 0.717) is 4.88 Å². The molecule has 2 aromatic heterocycles. The molecule has 21 heavy (non-hydrogen) atoms. The van der Waals surface area contributed by atoms with Gasteiger partial charge in [-0.25, -0.2) is 4.79 Å². The van der Waals surface area contributed by atoms with Gasteiger partial charge in [-0.2, -0.15) is 0 Å². The van der Waals surface area contributed by atoms with E-state index in [4.69, 9.17) is 5.11 Å². The summed E-state index contributed by atoms with van der Waals surface area (Å²) in [4.78, 5) is 19.3. The summed E-state index contributed by atoms with van der Waals surface area (Å²) in [6, 6.07) is 7.82. The van der Waals surface area contributed by atoms with Gasteiger partial charge in [-0.05, 0) is 44.2 Å². The molecule has 2 heterocycles. The second-order valence-corrected chi connectivity index (χ2v) is 6.33. The molecule has 112 valence electrons. The van der Waals surface area contributed by atoms with Crippen LogP contribution < -0.4 is 0 Å². The molecule has 0 atom stereocenters. The summed E-state index contributed by atoms with van der Waals surface area (Å²) in [6.45, 7) is 8.49. The molecule has 0 aliphatic heterocycles. The summed E-state index contributed by atoms with van der Waals surface area (Å²) in [5.74, 6) is -0.849. The number of aryl methyl sites for hydroxylation is 2. The molecule has 0 saturated carbocycles. The van der Waals surface area contributed by atoms with Crippen molar-refractivity contribution < 1.29 is 9.90 Å². The molecular formula is C16H20N2O2S. The van der Waals surface area contributed by atoms with E-state index in [1.165, 1.54) is 11.3 Å². The first kappa shape index (κ1) is 15.7. The number of thiophene rings is 1. The molecule has 0 spiro atoms. The Morgan fingerprint density at radius 3 is 2.67 bits per heavy atom. The SMILES string of the molecule is CCN(Cc1cccc(C)n1)Cc1cc(C(=O)O)sc1C. The molecular weight excluding hydrogens is 284 g/mol. The molecule has 0 bridgehead atoms. The molecule has 0 aliphatic carbocycles. The van der Waals surface area contributed by atoms with Gasteiger partial charge in [0.1, 0.15) is 4.88 Å². The number of rotatable bonds is 6. The number of hydrogen-bond acceptors (Lipinski definition) is 4. The van der Waals surface area contributed by atoms with E-state index in [1.807, 2.05) is 32.0 Å². The average Bonchev–Trinajstić information content (AvgIpc) is 2.80. The minimum absolute atomic E-state index is 0.409. The van der Waals surface area contributed by atoms with Gasteiger partial charge in [0.15, 0.2) is 0 Å². The number of hydrogen-bond donors (Lipinski definition) is 1. The van der Waals surface area contributed by atoms with Gasteiger partial charge in [0.25, 0.3) is 0 Å². The molecule has 0 fully saturated rings. The molecule has 2 aromatic rings. The van der Waals surface area contributed by atoms with Crippen LogP contribution in [0.1, 0.15) is 38.4 Å². The van der Waals surface area contributed by atoms with E-state index in [2.05, 4.69) is 16.8 Å². The Balaban J connectivity index is 2.10. The molecule has 4 nitrogen and oxygen atoms in total. The van der Waals surface area contributed by atoms with Crippen LogP contribution in [0.25, 0.3) is 0 Å². The normalized spacial score (nSPS) is 11.0. The molecule has 0 radical (unpaired) electrons. The maximum Gasteiger partial charge on any atom is 0.345 e. The quantitative estimate of drug-likeness (QED) is 0.887. The van der Waals surface area contributed by atoms with Crippen molar-refractivity contribution in [3.63, 3.8) is 0 Å². The molecule has 2 rings (SSSR count). The number of aromatic nitrogens is 1. The number of pyridine rings is 1. The second-order valence-electron chi connectivity index (χ2n) is 5.07. The molecule has 0 saturated heterocycles. The van der Waals surface area contributed by atoms with Gasteiger partial charge in [-0.1, -0.05) is 13.0 Å². The third-order valence-electron chi connectivity index (χ3n) is 3.40. The summed E-state index contributed by atoms with van der Waals surface area (Å²) in [5.41, 5.74) is 3.15. The van der Waals surface area contributed by atoms with Crippen molar-refractivity contribution in [1.82, 2.24) is 9.88 Å². The lowest BCUT2D eigenvalue weighted by Gasteiger charge is -2.20. The van der Waals surface area contributed by atoms with Crippen molar-refractivity contribution in [3.05, 3.63) is 51.0 Å². The van der Waals surface area contributed by atoms with Crippen LogP contribution in [0.5, 0.6) is 0 Å². The molecule has 0 amide bonds. The summed E-state index contributed by atoms with van der Waals surface area (Å²) in [7, 11) is 0. The summed E-state index contributed by atoms with van der Waals surface area (Å²) in [5, 5.41) is 9.07. The van der Waals surface area contributed by atoms with Crippen molar-refractivity contribution in [2.45, 2.75) is 33.9 Å². The molecule has 0 unspecified atom stereocenters. The monoisotopic (exact) mass is 304 g/mol. The van der Waals surface area contributed by atoms with Crippen LogP contribution in [-0.4, -0.2) is 27.5 Å². The van der Waals surface area contributed by atoms with E-state index in [9.17, 15) is 4.79 Å². The highest BCUT2D eigenvalue weighted by molar-refractivity contribution is 7.14. The number of carbonyl (C=O) groups is 1. The maximum atomic E-state index is 11.0. The molecule has 5 heteroatoms.